The van der Waals surface area contributed by atoms with Gasteiger partial charge in [-0.2, -0.15) is 4.98 Å². The summed E-state index contributed by atoms with van der Waals surface area (Å²) in [5, 5.41) is 3.81. The molecule has 1 N–H and O–H groups in total. The fraction of sp³-hybridized carbons (Fsp3) is 0.316. The second-order valence-corrected chi connectivity index (χ2v) is 6.45. The minimum absolute atomic E-state index is 0.0121. The van der Waals surface area contributed by atoms with E-state index >= 15 is 0 Å². The van der Waals surface area contributed by atoms with Crippen molar-refractivity contribution in [3.8, 4) is 5.75 Å². The Kier molecular flexibility index (Phi) is 6.30. The van der Waals surface area contributed by atoms with E-state index in [1.807, 2.05) is 35.0 Å². The van der Waals surface area contributed by atoms with E-state index in [4.69, 9.17) is 21.1 Å². The summed E-state index contributed by atoms with van der Waals surface area (Å²) < 4.78 is 25.9. The zero-order valence-electron chi connectivity index (χ0n) is 15.5. The average molecular weight is 407 g/mol. The molecule has 0 aliphatic carbocycles. The van der Waals surface area contributed by atoms with Crippen LogP contribution in [0.1, 0.15) is 19.4 Å². The summed E-state index contributed by atoms with van der Waals surface area (Å²) in [5.41, 5.74) is 0.919. The summed E-state index contributed by atoms with van der Waals surface area (Å²) in [7, 11) is 1.37. The normalized spacial score (nSPS) is 12.0. The van der Waals surface area contributed by atoms with Gasteiger partial charge in [-0.15, -0.1) is 0 Å². The van der Waals surface area contributed by atoms with Gasteiger partial charge in [-0.1, -0.05) is 0 Å². The molecular formula is C19H20ClFN4O3. The maximum atomic E-state index is 13.5. The molecule has 28 heavy (non-hydrogen) atoms. The standard InChI is InChI=1S/C19H20ClFN4O3/c1-12(18(26)27-2)25-8-6-13-10-14(4-5-16(13)25)28-9-3-7-22-17-15(21)11-23-19(20)24-17/h4-6,8,10-12H,3,7,9H2,1-2H3,(H,22,23,24). The molecule has 0 aliphatic rings. The van der Waals surface area contributed by atoms with Crippen LogP contribution in [-0.2, 0) is 9.53 Å². The third kappa shape index (κ3) is 4.51. The minimum atomic E-state index is -0.554. The second kappa shape index (κ2) is 8.88. The maximum Gasteiger partial charge on any atom is 0.328 e. The van der Waals surface area contributed by atoms with E-state index in [2.05, 4.69) is 15.3 Å². The first-order valence-corrected chi connectivity index (χ1v) is 9.10. The lowest BCUT2D eigenvalue weighted by atomic mass is 10.2. The predicted molar refractivity (Wildman–Crippen MR) is 104 cm³/mol. The highest BCUT2D eigenvalue weighted by atomic mass is 35.5. The van der Waals surface area contributed by atoms with Crippen LogP contribution < -0.4 is 10.1 Å². The van der Waals surface area contributed by atoms with E-state index in [9.17, 15) is 9.18 Å². The molecular weight excluding hydrogens is 387 g/mol. The molecule has 0 saturated heterocycles. The van der Waals surface area contributed by atoms with Crippen molar-refractivity contribution in [1.29, 1.82) is 0 Å². The number of hydrogen-bond donors (Lipinski definition) is 1. The summed E-state index contributed by atoms with van der Waals surface area (Å²) in [5.74, 6) is -0.0667. The number of halogens is 2. The van der Waals surface area contributed by atoms with Crippen molar-refractivity contribution < 1.29 is 18.7 Å². The lowest BCUT2D eigenvalue weighted by Gasteiger charge is -2.13. The van der Waals surface area contributed by atoms with Gasteiger partial charge in [-0.3, -0.25) is 0 Å². The van der Waals surface area contributed by atoms with Crippen molar-refractivity contribution in [2.24, 2.45) is 0 Å². The first kappa shape index (κ1) is 19.9. The minimum Gasteiger partial charge on any atom is -0.494 e. The van der Waals surface area contributed by atoms with E-state index < -0.39 is 11.9 Å². The lowest BCUT2D eigenvalue weighted by molar-refractivity contribution is -0.143. The van der Waals surface area contributed by atoms with Gasteiger partial charge in [0.1, 0.15) is 11.8 Å². The monoisotopic (exact) mass is 406 g/mol. The molecule has 0 radical (unpaired) electrons. The summed E-state index contributed by atoms with van der Waals surface area (Å²) >= 11 is 5.65. The molecule has 2 heterocycles. The van der Waals surface area contributed by atoms with Crippen molar-refractivity contribution in [3.63, 3.8) is 0 Å². The highest BCUT2D eigenvalue weighted by Gasteiger charge is 2.16. The van der Waals surface area contributed by atoms with E-state index in [0.29, 0.717) is 25.3 Å². The molecule has 0 amide bonds. The molecule has 1 unspecified atom stereocenters. The zero-order valence-corrected chi connectivity index (χ0v) is 16.2. The third-order valence-electron chi connectivity index (χ3n) is 4.25. The Morgan fingerprint density at radius 2 is 2.21 bits per heavy atom. The number of ether oxygens (including phenoxy) is 2. The molecule has 0 spiro atoms. The highest BCUT2D eigenvalue weighted by molar-refractivity contribution is 6.28. The van der Waals surface area contributed by atoms with Gasteiger partial charge in [0, 0.05) is 23.6 Å². The molecule has 3 aromatic rings. The Bertz CT molecular complexity index is 979. The number of rotatable bonds is 8. The van der Waals surface area contributed by atoms with Crippen LogP contribution in [0.15, 0.2) is 36.7 Å². The smallest absolute Gasteiger partial charge is 0.328 e. The van der Waals surface area contributed by atoms with E-state index in [1.165, 1.54) is 7.11 Å². The van der Waals surface area contributed by atoms with Crippen LogP contribution >= 0.6 is 11.6 Å². The topological polar surface area (TPSA) is 78.3 Å². The number of benzene rings is 1. The van der Waals surface area contributed by atoms with Crippen LogP contribution in [0.4, 0.5) is 10.2 Å². The number of methoxy groups -OCH3 is 1. The van der Waals surface area contributed by atoms with E-state index in [-0.39, 0.29) is 17.1 Å². The quantitative estimate of drug-likeness (QED) is 0.348. The Morgan fingerprint density at radius 1 is 1.39 bits per heavy atom. The van der Waals surface area contributed by atoms with Gasteiger partial charge < -0.3 is 19.4 Å². The van der Waals surface area contributed by atoms with Gasteiger partial charge in [0.2, 0.25) is 5.28 Å². The van der Waals surface area contributed by atoms with Crippen molar-refractivity contribution in [3.05, 3.63) is 47.8 Å². The molecule has 9 heteroatoms. The van der Waals surface area contributed by atoms with Gasteiger partial charge in [-0.25, -0.2) is 14.2 Å². The van der Waals surface area contributed by atoms with Crippen LogP contribution in [-0.4, -0.2) is 40.8 Å². The number of fused-ring (bicyclic) bond motifs is 1. The van der Waals surface area contributed by atoms with Crippen LogP contribution in [0.3, 0.4) is 0 Å². The molecule has 0 fully saturated rings. The number of nitrogens with zero attached hydrogens (tertiary/aromatic N) is 3. The first-order valence-electron chi connectivity index (χ1n) is 8.72. The highest BCUT2D eigenvalue weighted by Crippen LogP contribution is 2.25. The number of hydrogen-bond acceptors (Lipinski definition) is 6. The third-order valence-corrected chi connectivity index (χ3v) is 4.43. The number of aromatic nitrogens is 3. The Labute approximate surface area is 166 Å². The van der Waals surface area contributed by atoms with Gasteiger partial charge in [0.05, 0.1) is 19.9 Å². The molecule has 2 aromatic heterocycles. The Morgan fingerprint density at radius 3 is 3.00 bits per heavy atom. The Hall–Kier alpha value is -2.87. The number of nitrogens with one attached hydrogen (secondary N) is 1. The van der Waals surface area contributed by atoms with Crippen LogP contribution in [0.5, 0.6) is 5.75 Å². The summed E-state index contributed by atoms with van der Waals surface area (Å²) in [6.45, 7) is 2.70. The number of esters is 1. The summed E-state index contributed by atoms with van der Waals surface area (Å²) in [6, 6.07) is 7.18. The summed E-state index contributed by atoms with van der Waals surface area (Å²) in [6.07, 6.45) is 3.51. The van der Waals surface area contributed by atoms with Gasteiger partial charge >= 0.3 is 5.97 Å². The second-order valence-electron chi connectivity index (χ2n) is 6.11. The summed E-state index contributed by atoms with van der Waals surface area (Å²) in [4.78, 5) is 19.1. The number of anilines is 1. The SMILES string of the molecule is COC(=O)C(C)n1ccc2cc(OCCCNc3nc(Cl)ncc3F)ccc21. The van der Waals surface area contributed by atoms with Crippen molar-refractivity contribution in [2.75, 3.05) is 25.6 Å². The molecule has 0 aliphatic heterocycles. The van der Waals surface area contributed by atoms with Crippen LogP contribution in [0.2, 0.25) is 5.28 Å². The van der Waals surface area contributed by atoms with Gasteiger partial charge in [0.25, 0.3) is 0 Å². The molecule has 148 valence electrons. The fourth-order valence-electron chi connectivity index (χ4n) is 2.79. The molecule has 1 atom stereocenters. The van der Waals surface area contributed by atoms with E-state index in [1.54, 1.807) is 6.92 Å². The van der Waals surface area contributed by atoms with Crippen LogP contribution in [0.25, 0.3) is 10.9 Å². The average Bonchev–Trinajstić information content (AvgIpc) is 3.12. The van der Waals surface area contributed by atoms with Gasteiger partial charge in [-0.05, 0) is 49.2 Å². The lowest BCUT2D eigenvalue weighted by Crippen LogP contribution is -2.16. The van der Waals surface area contributed by atoms with E-state index in [0.717, 1.165) is 17.1 Å². The Balaban J connectivity index is 1.54. The van der Waals surface area contributed by atoms with Crippen molar-refractivity contribution in [2.45, 2.75) is 19.4 Å². The number of carbonyl (C=O) groups is 1. The molecule has 7 nitrogen and oxygen atoms in total. The molecule has 0 bridgehead atoms. The van der Waals surface area contributed by atoms with Crippen molar-refractivity contribution in [1.82, 2.24) is 14.5 Å². The maximum absolute atomic E-state index is 13.5. The number of carbonyl (C=O) groups excluding carboxylic acids is 1. The molecule has 3 rings (SSSR count). The fourth-order valence-corrected chi connectivity index (χ4v) is 2.93. The van der Waals surface area contributed by atoms with Gasteiger partial charge in [0.15, 0.2) is 11.6 Å². The zero-order chi connectivity index (χ0) is 20.1. The molecule has 0 saturated carbocycles. The largest absolute Gasteiger partial charge is 0.494 e. The van der Waals surface area contributed by atoms with Crippen LogP contribution in [0, 0.1) is 5.82 Å². The molecule has 1 aromatic carbocycles. The first-order chi connectivity index (χ1) is 13.5. The predicted octanol–water partition coefficient (Wildman–Crippen LogP) is 3.84. The van der Waals surface area contributed by atoms with Crippen molar-refractivity contribution >= 4 is 34.3 Å².